The number of hydrazone groups is 1. The second-order valence-corrected chi connectivity index (χ2v) is 8.26. The minimum Gasteiger partial charge on any atom is -0.493 e. The van der Waals surface area contributed by atoms with Crippen molar-refractivity contribution in [3.05, 3.63) is 88.9 Å². The van der Waals surface area contributed by atoms with E-state index in [4.69, 9.17) is 18.9 Å². The molecule has 3 aromatic rings. The topological polar surface area (TPSA) is 107 Å². The van der Waals surface area contributed by atoms with E-state index in [0.29, 0.717) is 50.9 Å². The summed E-state index contributed by atoms with van der Waals surface area (Å²) in [4.78, 5) is 24.7. The lowest BCUT2D eigenvalue weighted by Gasteiger charge is -2.13. The molecular weight excluding hydrogens is 542 g/mol. The second-order valence-electron chi connectivity index (χ2n) is 7.40. The number of ether oxygens (including phenoxy) is 4. The predicted octanol–water partition coefficient (Wildman–Crippen LogP) is 4.81. The van der Waals surface area contributed by atoms with Crippen molar-refractivity contribution >= 4 is 39.6 Å². The molecule has 9 nitrogen and oxygen atoms in total. The summed E-state index contributed by atoms with van der Waals surface area (Å²) in [5.41, 5.74) is 4.11. The van der Waals surface area contributed by atoms with Crippen LogP contribution in [-0.2, 0) is 4.79 Å². The Balaban J connectivity index is 1.63. The van der Waals surface area contributed by atoms with Crippen LogP contribution in [-0.4, -0.2) is 45.5 Å². The quantitative estimate of drug-likeness (QED) is 0.185. The first-order valence-corrected chi connectivity index (χ1v) is 11.8. The zero-order chi connectivity index (χ0) is 26.6. The third-order valence-electron chi connectivity index (χ3n) is 4.82. The fourth-order valence-electron chi connectivity index (χ4n) is 3.12. The van der Waals surface area contributed by atoms with Crippen molar-refractivity contribution < 1.29 is 28.5 Å². The van der Waals surface area contributed by atoms with Gasteiger partial charge in [-0.25, -0.2) is 5.43 Å². The number of nitrogens with one attached hydrogen (secondary N) is 2. The average molecular weight is 568 g/mol. The summed E-state index contributed by atoms with van der Waals surface area (Å²) in [6.07, 6.45) is 3.07. The monoisotopic (exact) mass is 567 g/mol. The van der Waals surface area contributed by atoms with Crippen LogP contribution in [0.5, 0.6) is 23.0 Å². The third kappa shape index (κ3) is 7.84. The number of anilines is 1. The lowest BCUT2D eigenvalue weighted by atomic mass is 10.2. The largest absolute Gasteiger partial charge is 0.493 e. The molecule has 3 aromatic carbocycles. The van der Waals surface area contributed by atoms with Gasteiger partial charge in [-0.05, 0) is 64.0 Å². The van der Waals surface area contributed by atoms with Crippen molar-refractivity contribution in [1.29, 1.82) is 0 Å². The highest BCUT2D eigenvalue weighted by Gasteiger charge is 2.14. The molecule has 37 heavy (non-hydrogen) atoms. The molecule has 0 aliphatic heterocycles. The first-order valence-electron chi connectivity index (χ1n) is 11.1. The number of methoxy groups -OCH3 is 2. The average Bonchev–Trinajstić information content (AvgIpc) is 2.91. The van der Waals surface area contributed by atoms with Crippen molar-refractivity contribution in [1.82, 2.24) is 5.43 Å². The molecule has 0 spiro atoms. The number of amides is 2. The maximum Gasteiger partial charge on any atom is 0.271 e. The standard InChI is InChI=1S/C27H26BrN3O6/c1-4-12-36-22-11-10-19(15-23(22)34-2)27(33)31-29-16-18-13-21(28)26(24(14-18)35-3)37-17-25(32)30-20-8-6-5-7-9-20/h4-11,13-16H,1,12,17H2,2-3H3,(H,30,32)(H,31,33)/b29-16+. The van der Waals surface area contributed by atoms with Gasteiger partial charge in [0.2, 0.25) is 0 Å². The molecule has 0 heterocycles. The highest BCUT2D eigenvalue weighted by Crippen LogP contribution is 2.36. The van der Waals surface area contributed by atoms with Crippen LogP contribution in [0.3, 0.4) is 0 Å². The van der Waals surface area contributed by atoms with E-state index in [1.807, 2.05) is 18.2 Å². The molecule has 3 rings (SSSR count). The molecule has 10 heteroatoms. The maximum absolute atomic E-state index is 12.5. The van der Waals surface area contributed by atoms with Crippen molar-refractivity contribution in [2.24, 2.45) is 5.10 Å². The lowest BCUT2D eigenvalue weighted by Crippen LogP contribution is -2.20. The number of para-hydroxylation sites is 1. The van der Waals surface area contributed by atoms with E-state index in [0.717, 1.165) is 0 Å². The van der Waals surface area contributed by atoms with Crippen LogP contribution >= 0.6 is 15.9 Å². The number of benzene rings is 3. The van der Waals surface area contributed by atoms with E-state index < -0.39 is 5.91 Å². The molecule has 0 aliphatic rings. The van der Waals surface area contributed by atoms with Gasteiger partial charge in [0.25, 0.3) is 11.8 Å². The van der Waals surface area contributed by atoms with Crippen molar-refractivity contribution in [3.63, 3.8) is 0 Å². The van der Waals surface area contributed by atoms with Crippen LogP contribution in [0.2, 0.25) is 0 Å². The Morgan fingerprint density at radius 3 is 2.43 bits per heavy atom. The summed E-state index contributed by atoms with van der Waals surface area (Å²) in [5.74, 6) is 0.914. The number of hydrogen-bond acceptors (Lipinski definition) is 7. The first kappa shape index (κ1) is 27.3. The molecule has 0 unspecified atom stereocenters. The minimum absolute atomic E-state index is 0.214. The Labute approximate surface area is 223 Å². The molecule has 0 saturated heterocycles. The predicted molar refractivity (Wildman–Crippen MR) is 145 cm³/mol. The zero-order valence-electron chi connectivity index (χ0n) is 20.3. The molecule has 0 fully saturated rings. The van der Waals surface area contributed by atoms with Gasteiger partial charge in [-0.1, -0.05) is 30.9 Å². The van der Waals surface area contributed by atoms with Crippen LogP contribution in [0.25, 0.3) is 0 Å². The summed E-state index contributed by atoms with van der Waals surface area (Å²) in [6, 6.07) is 17.3. The normalized spacial score (nSPS) is 10.5. The summed E-state index contributed by atoms with van der Waals surface area (Å²) in [5, 5.41) is 6.77. The summed E-state index contributed by atoms with van der Waals surface area (Å²) in [6.45, 7) is 3.71. The van der Waals surface area contributed by atoms with Crippen LogP contribution in [0.15, 0.2) is 82.9 Å². The van der Waals surface area contributed by atoms with Crippen molar-refractivity contribution in [3.8, 4) is 23.0 Å². The van der Waals surface area contributed by atoms with E-state index in [-0.39, 0.29) is 12.5 Å². The van der Waals surface area contributed by atoms with Gasteiger partial charge in [-0.3, -0.25) is 9.59 Å². The van der Waals surface area contributed by atoms with Gasteiger partial charge < -0.3 is 24.3 Å². The van der Waals surface area contributed by atoms with Gasteiger partial charge in [0, 0.05) is 11.3 Å². The molecule has 0 aliphatic carbocycles. The van der Waals surface area contributed by atoms with Crippen molar-refractivity contribution in [2.75, 3.05) is 32.8 Å². The lowest BCUT2D eigenvalue weighted by molar-refractivity contribution is -0.118. The highest BCUT2D eigenvalue weighted by molar-refractivity contribution is 9.10. The smallest absolute Gasteiger partial charge is 0.271 e. The van der Waals surface area contributed by atoms with Crippen LogP contribution < -0.4 is 29.7 Å². The maximum atomic E-state index is 12.5. The Hall–Kier alpha value is -4.31. The Bertz CT molecular complexity index is 1280. The van der Waals surface area contributed by atoms with Gasteiger partial charge in [0.15, 0.2) is 29.6 Å². The molecule has 2 amide bonds. The fraction of sp³-hybridized carbons (Fsp3) is 0.148. The van der Waals surface area contributed by atoms with Crippen molar-refractivity contribution in [2.45, 2.75) is 0 Å². The number of nitrogens with zero attached hydrogens (tertiary/aromatic N) is 1. The number of hydrogen-bond donors (Lipinski definition) is 2. The Morgan fingerprint density at radius 1 is 0.973 bits per heavy atom. The molecule has 0 saturated carbocycles. The molecular formula is C27H26BrN3O6. The van der Waals surface area contributed by atoms with Gasteiger partial charge in [0.1, 0.15) is 6.61 Å². The van der Waals surface area contributed by atoms with Gasteiger partial charge in [0.05, 0.1) is 24.9 Å². The third-order valence-corrected chi connectivity index (χ3v) is 5.41. The number of halogens is 1. The number of carbonyl (C=O) groups is 2. The van der Waals surface area contributed by atoms with Crippen LogP contribution in [0.1, 0.15) is 15.9 Å². The Morgan fingerprint density at radius 2 is 1.73 bits per heavy atom. The molecule has 192 valence electrons. The Kier molecular flexibility index (Phi) is 10.1. The van der Waals surface area contributed by atoms with E-state index >= 15 is 0 Å². The summed E-state index contributed by atoms with van der Waals surface area (Å²) < 4.78 is 22.4. The first-order chi connectivity index (χ1) is 17.9. The van der Waals surface area contributed by atoms with E-state index in [1.165, 1.54) is 20.4 Å². The zero-order valence-corrected chi connectivity index (χ0v) is 21.9. The molecule has 0 atom stereocenters. The molecule has 2 N–H and O–H groups in total. The number of carbonyl (C=O) groups excluding carboxylic acids is 2. The second kappa shape index (κ2) is 13.7. The summed E-state index contributed by atoms with van der Waals surface area (Å²) in [7, 11) is 2.97. The van der Waals surface area contributed by atoms with Gasteiger partial charge in [-0.2, -0.15) is 5.10 Å². The van der Waals surface area contributed by atoms with E-state index in [2.05, 4.69) is 38.4 Å². The van der Waals surface area contributed by atoms with Crippen LogP contribution in [0, 0.1) is 0 Å². The van der Waals surface area contributed by atoms with Gasteiger partial charge in [-0.15, -0.1) is 0 Å². The van der Waals surface area contributed by atoms with E-state index in [9.17, 15) is 9.59 Å². The van der Waals surface area contributed by atoms with E-state index in [1.54, 1.807) is 48.5 Å². The highest BCUT2D eigenvalue weighted by atomic mass is 79.9. The number of rotatable bonds is 12. The fourth-order valence-corrected chi connectivity index (χ4v) is 3.69. The SMILES string of the molecule is C=CCOc1ccc(C(=O)N/N=C/c2cc(Br)c(OCC(=O)Nc3ccccc3)c(OC)c2)cc1OC. The van der Waals surface area contributed by atoms with Crippen LogP contribution in [0.4, 0.5) is 5.69 Å². The molecule has 0 radical (unpaired) electrons. The minimum atomic E-state index is -0.430. The molecule has 0 bridgehead atoms. The van der Waals surface area contributed by atoms with Gasteiger partial charge >= 0.3 is 0 Å². The molecule has 0 aromatic heterocycles. The summed E-state index contributed by atoms with van der Waals surface area (Å²) >= 11 is 3.44.